The molecule has 1 aromatic carbocycles. The van der Waals surface area contributed by atoms with Crippen molar-refractivity contribution in [2.75, 3.05) is 11.9 Å². The summed E-state index contributed by atoms with van der Waals surface area (Å²) in [5.74, 6) is -2.41. The van der Waals surface area contributed by atoms with Gasteiger partial charge >= 0.3 is 0 Å². The van der Waals surface area contributed by atoms with Crippen LogP contribution in [0.5, 0.6) is 0 Å². The maximum atomic E-state index is 13.9. The van der Waals surface area contributed by atoms with Gasteiger partial charge in [0.15, 0.2) is 17.5 Å². The number of carbonyl (C=O) groups excluding carboxylic acids is 2. The van der Waals surface area contributed by atoms with Crippen LogP contribution in [-0.4, -0.2) is 39.5 Å². The first kappa shape index (κ1) is 18.6. The Kier molecular flexibility index (Phi) is 5.11. The molecule has 2 aromatic rings. The van der Waals surface area contributed by atoms with E-state index in [2.05, 4.69) is 15.5 Å². The van der Waals surface area contributed by atoms with E-state index in [0.29, 0.717) is 6.54 Å². The molecule has 0 spiro atoms. The Labute approximate surface area is 161 Å². The molecule has 2 N–H and O–H groups in total. The van der Waals surface area contributed by atoms with Crippen LogP contribution in [0, 0.1) is 17.6 Å². The highest BCUT2D eigenvalue weighted by molar-refractivity contribution is 5.97. The fourth-order valence-electron chi connectivity index (χ4n) is 4.12. The van der Waals surface area contributed by atoms with Crippen LogP contribution >= 0.6 is 0 Å². The predicted molar refractivity (Wildman–Crippen MR) is 99.3 cm³/mol. The summed E-state index contributed by atoms with van der Waals surface area (Å²) in [7, 11) is 0. The van der Waals surface area contributed by atoms with Crippen LogP contribution in [0.4, 0.5) is 14.6 Å². The number of nitrogens with one attached hydrogen (secondary N) is 2. The smallest absolute Gasteiger partial charge is 0.230 e. The number of H-pyrrole nitrogens is 1. The largest absolute Gasteiger partial charge is 0.339 e. The van der Waals surface area contributed by atoms with E-state index in [-0.39, 0.29) is 41.4 Å². The molecule has 1 unspecified atom stereocenters. The highest BCUT2D eigenvalue weighted by Gasteiger charge is 2.38. The van der Waals surface area contributed by atoms with Gasteiger partial charge < -0.3 is 10.2 Å². The number of halogens is 2. The zero-order chi connectivity index (χ0) is 19.7. The number of hydrogen-bond acceptors (Lipinski definition) is 3. The van der Waals surface area contributed by atoms with Gasteiger partial charge in [0.1, 0.15) is 0 Å². The summed E-state index contributed by atoms with van der Waals surface area (Å²) in [6, 6.07) is 5.55. The predicted octanol–water partition coefficient (Wildman–Crippen LogP) is 3.47. The maximum Gasteiger partial charge on any atom is 0.230 e. The second-order valence-electron chi connectivity index (χ2n) is 7.50. The Balaban J connectivity index is 1.41. The first-order chi connectivity index (χ1) is 13.5. The van der Waals surface area contributed by atoms with E-state index in [9.17, 15) is 18.4 Å². The van der Waals surface area contributed by atoms with Gasteiger partial charge in [0.25, 0.3) is 0 Å². The molecular weight excluding hydrogens is 366 g/mol. The van der Waals surface area contributed by atoms with E-state index in [1.165, 1.54) is 24.6 Å². The summed E-state index contributed by atoms with van der Waals surface area (Å²) in [5.41, 5.74) is 0.297. The number of carbonyl (C=O) groups is 2. The van der Waals surface area contributed by atoms with E-state index in [0.717, 1.165) is 31.7 Å². The van der Waals surface area contributed by atoms with E-state index >= 15 is 0 Å². The molecule has 0 bridgehead atoms. The number of likely N-dealkylation sites (tertiary alicyclic amines) is 1. The number of anilines is 1. The molecule has 8 heteroatoms. The van der Waals surface area contributed by atoms with Gasteiger partial charge in [0.05, 0.1) is 11.6 Å². The zero-order valence-corrected chi connectivity index (χ0v) is 15.4. The summed E-state index contributed by atoms with van der Waals surface area (Å²) in [6.45, 7) is 0.422. The van der Waals surface area contributed by atoms with Crippen LogP contribution in [-0.2, 0) is 9.59 Å². The van der Waals surface area contributed by atoms with E-state index in [1.54, 1.807) is 0 Å². The van der Waals surface area contributed by atoms with Crippen LogP contribution in [0.2, 0.25) is 0 Å². The fourth-order valence-corrected chi connectivity index (χ4v) is 4.12. The first-order valence-electron chi connectivity index (χ1n) is 9.63. The van der Waals surface area contributed by atoms with Crippen molar-refractivity contribution in [3.63, 3.8) is 0 Å². The quantitative estimate of drug-likeness (QED) is 0.842. The van der Waals surface area contributed by atoms with E-state index < -0.39 is 17.6 Å². The third-order valence-electron chi connectivity index (χ3n) is 5.62. The van der Waals surface area contributed by atoms with E-state index in [1.807, 2.05) is 4.90 Å². The van der Waals surface area contributed by atoms with Crippen molar-refractivity contribution in [2.45, 2.75) is 44.6 Å². The third kappa shape index (κ3) is 3.63. The van der Waals surface area contributed by atoms with Crippen LogP contribution in [0.3, 0.4) is 0 Å². The minimum absolute atomic E-state index is 0.0246. The van der Waals surface area contributed by atoms with Crippen molar-refractivity contribution in [1.29, 1.82) is 0 Å². The Hall–Kier alpha value is -2.77. The van der Waals surface area contributed by atoms with Gasteiger partial charge in [0, 0.05) is 30.6 Å². The average molecular weight is 388 g/mol. The Morgan fingerprint density at radius 2 is 2.00 bits per heavy atom. The lowest BCUT2D eigenvalue weighted by Crippen LogP contribution is -2.38. The van der Waals surface area contributed by atoms with Crippen LogP contribution < -0.4 is 5.32 Å². The van der Waals surface area contributed by atoms with Crippen molar-refractivity contribution in [1.82, 2.24) is 15.1 Å². The van der Waals surface area contributed by atoms with Crippen molar-refractivity contribution in [3.8, 4) is 11.3 Å². The minimum atomic E-state index is -0.978. The molecule has 2 heterocycles. The Morgan fingerprint density at radius 3 is 2.79 bits per heavy atom. The molecule has 0 radical (unpaired) electrons. The van der Waals surface area contributed by atoms with Crippen LogP contribution in [0.25, 0.3) is 11.3 Å². The fraction of sp³-hybridized carbons (Fsp3) is 0.450. The topological polar surface area (TPSA) is 78.1 Å². The molecule has 28 heavy (non-hydrogen) atoms. The number of rotatable bonds is 4. The number of aromatic amines is 1. The normalized spacial score (nSPS) is 20.6. The van der Waals surface area contributed by atoms with Crippen molar-refractivity contribution in [2.24, 2.45) is 5.92 Å². The zero-order valence-electron chi connectivity index (χ0n) is 15.4. The molecule has 1 saturated heterocycles. The maximum absolute atomic E-state index is 13.9. The monoisotopic (exact) mass is 388 g/mol. The van der Waals surface area contributed by atoms with Gasteiger partial charge in [-0.2, -0.15) is 5.10 Å². The average Bonchev–Trinajstić information content (AvgIpc) is 3.31. The molecule has 1 atom stereocenters. The van der Waals surface area contributed by atoms with Gasteiger partial charge in [-0.25, -0.2) is 8.78 Å². The molecule has 2 fully saturated rings. The standard InChI is InChI=1S/C20H22F2N4O2/c21-15-8-4-7-14(19(15)22)16-10-17(25-24-16)23-20(28)12-9-18(27)26(11-12)13-5-2-1-3-6-13/h4,7-8,10,12-13H,1-3,5-6,9,11H2,(H2,23,24,25,28). The summed E-state index contributed by atoms with van der Waals surface area (Å²) >= 11 is 0. The number of aromatic nitrogens is 2. The summed E-state index contributed by atoms with van der Waals surface area (Å²) in [4.78, 5) is 26.8. The second kappa shape index (κ2) is 7.69. The van der Waals surface area contributed by atoms with Gasteiger partial charge in [-0.05, 0) is 25.0 Å². The van der Waals surface area contributed by atoms with Gasteiger partial charge in [-0.1, -0.05) is 25.3 Å². The SMILES string of the molecule is O=C(Nc1cc(-c2cccc(F)c2F)[nH]n1)C1CC(=O)N(C2CCCCC2)C1. The molecule has 1 aliphatic carbocycles. The van der Waals surface area contributed by atoms with Crippen LogP contribution in [0.15, 0.2) is 24.3 Å². The molecule has 148 valence electrons. The molecule has 6 nitrogen and oxygen atoms in total. The third-order valence-corrected chi connectivity index (χ3v) is 5.62. The lowest BCUT2D eigenvalue weighted by atomic mass is 9.94. The minimum Gasteiger partial charge on any atom is -0.339 e. The second-order valence-corrected chi connectivity index (χ2v) is 7.50. The summed E-state index contributed by atoms with van der Waals surface area (Å²) in [5, 5.41) is 9.24. The Morgan fingerprint density at radius 1 is 1.21 bits per heavy atom. The molecule has 4 rings (SSSR count). The highest BCUT2D eigenvalue weighted by Crippen LogP contribution is 2.29. The van der Waals surface area contributed by atoms with Crippen molar-refractivity contribution in [3.05, 3.63) is 35.9 Å². The lowest BCUT2D eigenvalue weighted by Gasteiger charge is -2.31. The molecule has 1 saturated carbocycles. The van der Waals surface area contributed by atoms with Crippen molar-refractivity contribution >= 4 is 17.6 Å². The number of amides is 2. The molecule has 1 aliphatic heterocycles. The number of nitrogens with zero attached hydrogens (tertiary/aromatic N) is 2. The Bertz CT molecular complexity index is 892. The first-order valence-corrected chi connectivity index (χ1v) is 9.63. The molecule has 1 aromatic heterocycles. The lowest BCUT2D eigenvalue weighted by molar-refractivity contribution is -0.130. The summed E-state index contributed by atoms with van der Waals surface area (Å²) in [6.07, 6.45) is 5.65. The number of benzene rings is 1. The van der Waals surface area contributed by atoms with Gasteiger partial charge in [-0.15, -0.1) is 0 Å². The van der Waals surface area contributed by atoms with Crippen molar-refractivity contribution < 1.29 is 18.4 Å². The molecular formula is C20H22F2N4O2. The molecule has 2 aliphatic rings. The highest BCUT2D eigenvalue weighted by atomic mass is 19.2. The van der Waals surface area contributed by atoms with Gasteiger partial charge in [0.2, 0.25) is 11.8 Å². The molecule has 2 amide bonds. The van der Waals surface area contributed by atoms with Crippen LogP contribution in [0.1, 0.15) is 38.5 Å². The summed E-state index contributed by atoms with van der Waals surface area (Å²) < 4.78 is 27.3. The number of hydrogen-bond donors (Lipinski definition) is 2. The van der Waals surface area contributed by atoms with E-state index in [4.69, 9.17) is 0 Å². The van der Waals surface area contributed by atoms with Gasteiger partial charge in [-0.3, -0.25) is 14.7 Å².